The van der Waals surface area contributed by atoms with Crippen LogP contribution >= 0.6 is 23.4 Å². The van der Waals surface area contributed by atoms with E-state index in [1.54, 1.807) is 31.4 Å². The van der Waals surface area contributed by atoms with Crippen molar-refractivity contribution in [3.05, 3.63) is 94.5 Å². The Morgan fingerprint density at radius 1 is 1.14 bits per heavy atom. The van der Waals surface area contributed by atoms with Crippen molar-refractivity contribution in [2.45, 2.75) is 31.1 Å². The summed E-state index contributed by atoms with van der Waals surface area (Å²) in [7, 11) is 1.63. The summed E-state index contributed by atoms with van der Waals surface area (Å²) in [6, 6.07) is 22.8. The minimum atomic E-state index is -0.618. The van der Waals surface area contributed by atoms with Crippen LogP contribution in [0.4, 0.5) is 5.69 Å². The van der Waals surface area contributed by atoms with Crippen LogP contribution < -0.4 is 10.1 Å². The fraction of sp³-hybridized carbons (Fsp3) is 0.214. The fourth-order valence-electron chi connectivity index (χ4n) is 4.24. The molecule has 3 aromatic rings. The molecule has 0 aromatic heterocycles. The van der Waals surface area contributed by atoms with E-state index in [0.717, 1.165) is 28.2 Å². The van der Waals surface area contributed by atoms with Crippen molar-refractivity contribution in [3.63, 3.8) is 0 Å². The summed E-state index contributed by atoms with van der Waals surface area (Å²) in [5, 5.41) is 9.92. The van der Waals surface area contributed by atoms with E-state index in [1.165, 1.54) is 11.8 Å². The molecule has 0 saturated heterocycles. The number of rotatable bonds is 6. The van der Waals surface area contributed by atoms with Crippen molar-refractivity contribution in [1.82, 2.24) is 5.01 Å². The van der Waals surface area contributed by atoms with E-state index in [9.17, 15) is 9.59 Å². The van der Waals surface area contributed by atoms with Gasteiger partial charge in [-0.1, -0.05) is 59.3 Å². The maximum Gasteiger partial charge on any atom is 0.262 e. The molecule has 188 valence electrons. The molecule has 5 rings (SSSR count). The lowest BCUT2D eigenvalue weighted by molar-refractivity contribution is -0.121. The Hall–Kier alpha value is -3.62. The standard InChI is InChI=1S/C28H25ClN4O3S/c1-17-6-8-19(9-7-17)24-15-23(18-10-12-22(36-2)13-11-18)32-33(24)28-31-27(35)25(37-28)16-26(34)30-21-5-3-4-20(29)14-21/h3-14,24-25H,15-16H2,1-2H3,(H,30,34)/t24-,25+/m0/s1. The van der Waals surface area contributed by atoms with Crippen LogP contribution in [0.2, 0.25) is 5.02 Å². The van der Waals surface area contributed by atoms with Gasteiger partial charge in [-0.2, -0.15) is 10.1 Å². The van der Waals surface area contributed by atoms with Crippen molar-refractivity contribution in [1.29, 1.82) is 0 Å². The zero-order chi connectivity index (χ0) is 25.9. The number of nitrogens with zero attached hydrogens (tertiary/aromatic N) is 3. The van der Waals surface area contributed by atoms with Crippen LogP contribution in [-0.4, -0.2) is 40.1 Å². The number of hydrazone groups is 1. The third kappa shape index (κ3) is 5.70. The second-order valence-corrected chi connectivity index (χ2v) is 10.5. The first-order valence-electron chi connectivity index (χ1n) is 11.8. The Kier molecular flexibility index (Phi) is 7.30. The third-order valence-electron chi connectivity index (χ3n) is 6.20. The van der Waals surface area contributed by atoms with Gasteiger partial charge in [0.05, 0.1) is 18.9 Å². The molecule has 37 heavy (non-hydrogen) atoms. The lowest BCUT2D eigenvalue weighted by atomic mass is 9.98. The monoisotopic (exact) mass is 532 g/mol. The molecule has 1 N–H and O–H groups in total. The van der Waals surface area contributed by atoms with Gasteiger partial charge in [0.1, 0.15) is 11.0 Å². The number of aryl methyl sites for hydroxylation is 1. The number of aliphatic imine (C=N–C) groups is 1. The molecule has 2 amide bonds. The van der Waals surface area contributed by atoms with Gasteiger partial charge in [0.2, 0.25) is 5.91 Å². The van der Waals surface area contributed by atoms with E-state index in [2.05, 4.69) is 34.6 Å². The van der Waals surface area contributed by atoms with Gasteiger partial charge in [0, 0.05) is 23.6 Å². The molecule has 2 heterocycles. The topological polar surface area (TPSA) is 83.4 Å². The Bertz CT molecular complexity index is 1390. The van der Waals surface area contributed by atoms with Gasteiger partial charge in [-0.15, -0.1) is 0 Å². The van der Waals surface area contributed by atoms with E-state index < -0.39 is 5.25 Å². The van der Waals surface area contributed by atoms with E-state index in [-0.39, 0.29) is 24.3 Å². The van der Waals surface area contributed by atoms with Gasteiger partial charge >= 0.3 is 0 Å². The van der Waals surface area contributed by atoms with Gasteiger partial charge in [-0.05, 0) is 60.5 Å². The number of amidine groups is 1. The molecule has 0 fully saturated rings. The predicted molar refractivity (Wildman–Crippen MR) is 148 cm³/mol. The first kappa shape index (κ1) is 25.0. The van der Waals surface area contributed by atoms with Crippen LogP contribution in [0.15, 0.2) is 82.9 Å². The molecule has 0 spiro atoms. The maximum atomic E-state index is 12.8. The van der Waals surface area contributed by atoms with Crippen molar-refractivity contribution in [3.8, 4) is 5.75 Å². The largest absolute Gasteiger partial charge is 0.497 e. The zero-order valence-electron chi connectivity index (χ0n) is 20.3. The highest BCUT2D eigenvalue weighted by Gasteiger charge is 2.39. The van der Waals surface area contributed by atoms with Crippen LogP contribution in [0.5, 0.6) is 5.75 Å². The summed E-state index contributed by atoms with van der Waals surface area (Å²) in [6.07, 6.45) is 0.657. The minimum absolute atomic E-state index is 0.00109. The molecule has 0 unspecified atom stereocenters. The highest BCUT2D eigenvalue weighted by Crippen LogP contribution is 2.39. The van der Waals surface area contributed by atoms with E-state index in [1.807, 2.05) is 36.2 Å². The smallest absolute Gasteiger partial charge is 0.262 e. The molecule has 0 bridgehead atoms. The predicted octanol–water partition coefficient (Wildman–Crippen LogP) is 5.83. The Labute approximate surface area is 224 Å². The van der Waals surface area contributed by atoms with Crippen LogP contribution in [0.1, 0.15) is 35.6 Å². The van der Waals surface area contributed by atoms with Crippen LogP contribution in [0.25, 0.3) is 0 Å². The van der Waals surface area contributed by atoms with Crippen molar-refractivity contribution >= 4 is 51.7 Å². The fourth-order valence-corrected chi connectivity index (χ4v) is 5.50. The zero-order valence-corrected chi connectivity index (χ0v) is 21.9. The second kappa shape index (κ2) is 10.8. The number of hydrogen-bond donors (Lipinski definition) is 1. The first-order chi connectivity index (χ1) is 17.9. The van der Waals surface area contributed by atoms with E-state index in [4.69, 9.17) is 21.4 Å². The molecule has 2 aliphatic heterocycles. The molecular formula is C28H25ClN4O3S. The molecule has 0 aliphatic carbocycles. The number of ether oxygens (including phenoxy) is 1. The minimum Gasteiger partial charge on any atom is -0.497 e. The van der Waals surface area contributed by atoms with Gasteiger partial charge < -0.3 is 10.1 Å². The summed E-state index contributed by atoms with van der Waals surface area (Å²) in [4.78, 5) is 29.7. The first-order valence-corrected chi connectivity index (χ1v) is 13.1. The van der Waals surface area contributed by atoms with E-state index >= 15 is 0 Å². The quantitative estimate of drug-likeness (QED) is 0.431. The Morgan fingerprint density at radius 2 is 1.89 bits per heavy atom. The molecule has 2 atom stereocenters. The maximum absolute atomic E-state index is 12.8. The highest BCUT2D eigenvalue weighted by molar-refractivity contribution is 8.15. The third-order valence-corrected chi connectivity index (χ3v) is 7.58. The molecule has 0 saturated carbocycles. The summed E-state index contributed by atoms with van der Waals surface area (Å²) in [6.45, 7) is 2.05. The highest BCUT2D eigenvalue weighted by atomic mass is 35.5. The number of hydrogen-bond acceptors (Lipinski definition) is 6. The summed E-state index contributed by atoms with van der Waals surface area (Å²) in [5.41, 5.74) is 4.70. The number of anilines is 1. The molecule has 9 heteroatoms. The van der Waals surface area contributed by atoms with Crippen molar-refractivity contribution in [2.75, 3.05) is 12.4 Å². The summed E-state index contributed by atoms with van der Waals surface area (Å²) < 4.78 is 5.28. The van der Waals surface area contributed by atoms with Crippen LogP contribution in [-0.2, 0) is 9.59 Å². The lowest BCUT2D eigenvalue weighted by Crippen LogP contribution is -2.25. The molecule has 3 aromatic carbocycles. The number of carbonyl (C=O) groups is 2. The van der Waals surface area contributed by atoms with Crippen LogP contribution in [0, 0.1) is 6.92 Å². The van der Waals surface area contributed by atoms with Gasteiger partial charge in [-0.25, -0.2) is 5.01 Å². The average molecular weight is 533 g/mol. The average Bonchev–Trinajstić information content (AvgIpc) is 3.48. The molecule has 2 aliphatic rings. The number of benzene rings is 3. The van der Waals surface area contributed by atoms with Gasteiger partial charge in [0.25, 0.3) is 5.91 Å². The Balaban J connectivity index is 1.35. The molecule has 0 radical (unpaired) electrons. The molecule has 7 nitrogen and oxygen atoms in total. The number of halogens is 1. The summed E-state index contributed by atoms with van der Waals surface area (Å²) in [5.74, 6) is 0.162. The summed E-state index contributed by atoms with van der Waals surface area (Å²) >= 11 is 7.28. The number of carbonyl (C=O) groups excluding carboxylic acids is 2. The normalized spacial score (nSPS) is 19.0. The van der Waals surface area contributed by atoms with Gasteiger partial charge in [0.15, 0.2) is 5.17 Å². The second-order valence-electron chi connectivity index (χ2n) is 8.85. The lowest BCUT2D eigenvalue weighted by Gasteiger charge is -2.23. The number of nitrogens with one attached hydrogen (secondary N) is 1. The SMILES string of the molecule is COc1ccc(C2=NN(C3=NC(=O)[C@@H](CC(=O)Nc4cccc(Cl)c4)S3)[C@H](c3ccc(C)cc3)C2)cc1. The van der Waals surface area contributed by atoms with Crippen molar-refractivity contribution < 1.29 is 14.3 Å². The Morgan fingerprint density at radius 3 is 2.59 bits per heavy atom. The number of thioether (sulfide) groups is 1. The number of methoxy groups -OCH3 is 1. The molecular weight excluding hydrogens is 508 g/mol. The van der Waals surface area contributed by atoms with Crippen molar-refractivity contribution in [2.24, 2.45) is 10.1 Å². The number of amides is 2. The van der Waals surface area contributed by atoms with Crippen LogP contribution in [0.3, 0.4) is 0 Å². The van der Waals surface area contributed by atoms with E-state index in [0.29, 0.717) is 22.3 Å². The van der Waals surface area contributed by atoms with Gasteiger partial charge in [-0.3, -0.25) is 9.59 Å².